The normalized spacial score (nSPS) is 10.9. The minimum Gasteiger partial charge on any atom is -0.333 e. The Labute approximate surface area is 126 Å². The third-order valence-corrected chi connectivity index (χ3v) is 3.58. The van der Waals surface area contributed by atoms with Gasteiger partial charge >= 0.3 is 0 Å². The monoisotopic (exact) mass is 291 g/mol. The van der Waals surface area contributed by atoms with Crippen LogP contribution in [0.1, 0.15) is 30.2 Å². The molecule has 0 radical (unpaired) electrons. The summed E-state index contributed by atoms with van der Waals surface area (Å²) in [6.45, 7) is 7.05. The predicted molar refractivity (Wildman–Crippen MR) is 84.4 cm³/mol. The van der Waals surface area contributed by atoms with E-state index in [4.69, 9.17) is 11.6 Å². The van der Waals surface area contributed by atoms with Crippen molar-refractivity contribution in [2.24, 2.45) is 0 Å². The van der Waals surface area contributed by atoms with E-state index < -0.39 is 0 Å². The molecule has 0 aliphatic heterocycles. The maximum Gasteiger partial charge on any atom is 0.0952 e. The SMILES string of the molecule is CCCNCCc1cn(Cc2ccc(C)cc2Cl)cn1. The molecule has 2 rings (SSSR count). The number of imidazole rings is 1. The molecular weight excluding hydrogens is 270 g/mol. The van der Waals surface area contributed by atoms with Crippen molar-refractivity contribution in [2.75, 3.05) is 13.1 Å². The van der Waals surface area contributed by atoms with E-state index in [9.17, 15) is 0 Å². The largest absolute Gasteiger partial charge is 0.333 e. The van der Waals surface area contributed by atoms with Crippen LogP contribution < -0.4 is 5.32 Å². The van der Waals surface area contributed by atoms with Gasteiger partial charge in [-0.1, -0.05) is 30.7 Å². The van der Waals surface area contributed by atoms with E-state index in [0.29, 0.717) is 0 Å². The molecular formula is C16H22ClN3. The first-order chi connectivity index (χ1) is 9.69. The maximum absolute atomic E-state index is 6.26. The third kappa shape index (κ3) is 4.36. The van der Waals surface area contributed by atoms with Gasteiger partial charge in [0.2, 0.25) is 0 Å². The Bertz CT molecular complexity index is 548. The van der Waals surface area contributed by atoms with E-state index in [2.05, 4.69) is 40.1 Å². The summed E-state index contributed by atoms with van der Waals surface area (Å²) < 4.78 is 2.09. The van der Waals surface area contributed by atoms with Crippen molar-refractivity contribution in [1.29, 1.82) is 0 Å². The van der Waals surface area contributed by atoms with Crippen LogP contribution in [0.2, 0.25) is 5.02 Å². The lowest BCUT2D eigenvalue weighted by molar-refractivity contribution is 0.666. The van der Waals surface area contributed by atoms with E-state index in [1.807, 2.05) is 19.3 Å². The molecule has 4 heteroatoms. The molecule has 0 saturated carbocycles. The van der Waals surface area contributed by atoms with Crippen LogP contribution in [0.25, 0.3) is 0 Å². The van der Waals surface area contributed by atoms with Crippen LogP contribution in [0.3, 0.4) is 0 Å². The van der Waals surface area contributed by atoms with Crippen LogP contribution in [0.4, 0.5) is 0 Å². The van der Waals surface area contributed by atoms with Gasteiger partial charge in [0.1, 0.15) is 0 Å². The summed E-state index contributed by atoms with van der Waals surface area (Å²) in [6.07, 6.45) is 6.12. The van der Waals surface area contributed by atoms with Gasteiger partial charge in [0.25, 0.3) is 0 Å². The molecule has 0 aliphatic carbocycles. The molecule has 3 nitrogen and oxygen atoms in total. The van der Waals surface area contributed by atoms with E-state index in [0.717, 1.165) is 42.3 Å². The predicted octanol–water partition coefficient (Wildman–Crippen LogP) is 3.44. The number of hydrogen-bond acceptors (Lipinski definition) is 2. The standard InChI is InChI=1S/C16H22ClN3/c1-3-7-18-8-6-15-11-20(12-19-15)10-14-5-4-13(2)9-16(14)17/h4-5,9,11-12,18H,3,6-8,10H2,1-2H3. The molecule has 0 unspecified atom stereocenters. The summed E-state index contributed by atoms with van der Waals surface area (Å²) in [4.78, 5) is 4.44. The van der Waals surface area contributed by atoms with Gasteiger partial charge in [-0.05, 0) is 37.1 Å². The molecule has 1 heterocycles. The van der Waals surface area contributed by atoms with Gasteiger partial charge in [0.05, 0.1) is 12.0 Å². The number of nitrogens with zero attached hydrogens (tertiary/aromatic N) is 2. The number of nitrogens with one attached hydrogen (secondary N) is 1. The number of benzene rings is 1. The average Bonchev–Trinajstić information content (AvgIpc) is 2.86. The van der Waals surface area contributed by atoms with Crippen LogP contribution in [-0.2, 0) is 13.0 Å². The van der Waals surface area contributed by atoms with E-state index in [1.165, 1.54) is 12.0 Å². The van der Waals surface area contributed by atoms with Crippen LogP contribution in [0.5, 0.6) is 0 Å². The quantitative estimate of drug-likeness (QED) is 0.792. The van der Waals surface area contributed by atoms with Gasteiger partial charge < -0.3 is 9.88 Å². The van der Waals surface area contributed by atoms with Crippen LogP contribution in [0.15, 0.2) is 30.7 Å². The molecule has 2 aromatic rings. The zero-order valence-corrected chi connectivity index (χ0v) is 13.0. The van der Waals surface area contributed by atoms with Gasteiger partial charge in [0, 0.05) is 30.7 Å². The molecule has 0 atom stereocenters. The van der Waals surface area contributed by atoms with Crippen LogP contribution >= 0.6 is 11.6 Å². The van der Waals surface area contributed by atoms with Crippen LogP contribution in [-0.4, -0.2) is 22.6 Å². The first kappa shape index (κ1) is 15.1. The summed E-state index contributed by atoms with van der Waals surface area (Å²) in [5.74, 6) is 0. The fourth-order valence-electron chi connectivity index (χ4n) is 2.12. The Kier molecular flexibility index (Phi) is 5.62. The molecule has 0 bridgehead atoms. The van der Waals surface area contributed by atoms with Gasteiger partial charge in [-0.25, -0.2) is 4.98 Å². The average molecular weight is 292 g/mol. The lowest BCUT2D eigenvalue weighted by Gasteiger charge is -2.06. The smallest absolute Gasteiger partial charge is 0.0952 e. The van der Waals surface area contributed by atoms with Gasteiger partial charge in [-0.15, -0.1) is 0 Å². The topological polar surface area (TPSA) is 29.9 Å². The molecule has 0 aliphatic rings. The Morgan fingerprint density at radius 2 is 2.15 bits per heavy atom. The second kappa shape index (κ2) is 7.46. The summed E-state index contributed by atoms with van der Waals surface area (Å²) in [7, 11) is 0. The molecule has 20 heavy (non-hydrogen) atoms. The lowest BCUT2D eigenvalue weighted by Crippen LogP contribution is -2.17. The highest BCUT2D eigenvalue weighted by atomic mass is 35.5. The highest BCUT2D eigenvalue weighted by Gasteiger charge is 2.03. The molecule has 0 saturated heterocycles. The third-order valence-electron chi connectivity index (χ3n) is 3.23. The van der Waals surface area contributed by atoms with Crippen molar-refractivity contribution in [1.82, 2.24) is 14.9 Å². The lowest BCUT2D eigenvalue weighted by atomic mass is 10.1. The molecule has 0 spiro atoms. The Hall–Kier alpha value is -1.32. The molecule has 1 aromatic heterocycles. The van der Waals surface area contributed by atoms with Crippen molar-refractivity contribution in [3.8, 4) is 0 Å². The van der Waals surface area contributed by atoms with Crippen molar-refractivity contribution in [3.05, 3.63) is 52.6 Å². The van der Waals surface area contributed by atoms with Crippen LogP contribution in [0, 0.1) is 6.92 Å². The Morgan fingerprint density at radius 1 is 1.30 bits per heavy atom. The fraction of sp³-hybridized carbons (Fsp3) is 0.438. The Balaban J connectivity index is 1.92. The molecule has 0 fully saturated rings. The first-order valence-electron chi connectivity index (χ1n) is 7.15. The zero-order chi connectivity index (χ0) is 14.4. The summed E-state index contributed by atoms with van der Waals surface area (Å²) in [6, 6.07) is 6.18. The number of rotatable bonds is 7. The highest BCUT2D eigenvalue weighted by molar-refractivity contribution is 6.31. The Morgan fingerprint density at radius 3 is 2.90 bits per heavy atom. The second-order valence-corrected chi connectivity index (χ2v) is 5.54. The highest BCUT2D eigenvalue weighted by Crippen LogP contribution is 2.18. The molecule has 1 aromatic carbocycles. The summed E-state index contributed by atoms with van der Waals surface area (Å²) >= 11 is 6.26. The van der Waals surface area contributed by atoms with Crippen molar-refractivity contribution < 1.29 is 0 Å². The number of halogens is 1. The van der Waals surface area contributed by atoms with E-state index in [1.54, 1.807) is 0 Å². The molecule has 1 N–H and O–H groups in total. The minimum absolute atomic E-state index is 0.772. The van der Waals surface area contributed by atoms with Gasteiger partial charge in [-0.3, -0.25) is 0 Å². The fourth-order valence-corrected chi connectivity index (χ4v) is 2.41. The van der Waals surface area contributed by atoms with Crippen molar-refractivity contribution in [2.45, 2.75) is 33.2 Å². The maximum atomic E-state index is 6.26. The summed E-state index contributed by atoms with van der Waals surface area (Å²) in [5, 5.41) is 4.21. The van der Waals surface area contributed by atoms with E-state index in [-0.39, 0.29) is 0 Å². The van der Waals surface area contributed by atoms with Crippen molar-refractivity contribution >= 4 is 11.6 Å². The number of aromatic nitrogens is 2. The number of hydrogen-bond donors (Lipinski definition) is 1. The van der Waals surface area contributed by atoms with E-state index >= 15 is 0 Å². The first-order valence-corrected chi connectivity index (χ1v) is 7.53. The van der Waals surface area contributed by atoms with Gasteiger partial charge in [-0.2, -0.15) is 0 Å². The van der Waals surface area contributed by atoms with Gasteiger partial charge in [0.15, 0.2) is 0 Å². The summed E-state index contributed by atoms with van der Waals surface area (Å²) in [5.41, 5.74) is 3.44. The molecule has 108 valence electrons. The minimum atomic E-state index is 0.772. The second-order valence-electron chi connectivity index (χ2n) is 5.13. The number of aryl methyl sites for hydroxylation is 1. The molecule has 0 amide bonds. The van der Waals surface area contributed by atoms with Crippen molar-refractivity contribution in [3.63, 3.8) is 0 Å². The zero-order valence-electron chi connectivity index (χ0n) is 12.2.